The zero-order valence-corrected chi connectivity index (χ0v) is 9.59. The normalized spacial score (nSPS) is 10.6. The Labute approximate surface area is 86.9 Å². The molecule has 0 fully saturated rings. The third-order valence-electron chi connectivity index (χ3n) is 2.40. The summed E-state index contributed by atoms with van der Waals surface area (Å²) < 4.78 is 0. The Kier molecular flexibility index (Phi) is 3.96. The number of likely N-dealkylation sites (N-methyl/N-ethyl adjacent to an activating group) is 1. The molecule has 1 aromatic carbocycles. The van der Waals surface area contributed by atoms with Crippen LogP contribution in [0.4, 0.5) is 5.69 Å². The number of rotatable bonds is 4. The standard InChI is InChI=1S/C12H20N2/c1-10-5-6-12(9-11(10)2)13-7-8-14(3)4/h5-6,9,13H,7-8H2,1-4H3. The predicted molar refractivity (Wildman–Crippen MR) is 63.0 cm³/mol. The Bertz CT molecular complexity index is 292. The van der Waals surface area contributed by atoms with Crippen molar-refractivity contribution in [2.24, 2.45) is 0 Å². The van der Waals surface area contributed by atoms with Crippen LogP contribution in [0.2, 0.25) is 0 Å². The molecule has 0 amide bonds. The minimum atomic E-state index is 0.996. The van der Waals surface area contributed by atoms with Gasteiger partial charge < -0.3 is 10.2 Å². The van der Waals surface area contributed by atoms with Crippen LogP contribution in [0.3, 0.4) is 0 Å². The van der Waals surface area contributed by atoms with E-state index in [0.717, 1.165) is 13.1 Å². The van der Waals surface area contributed by atoms with E-state index in [0.29, 0.717) is 0 Å². The molecule has 0 aliphatic carbocycles. The summed E-state index contributed by atoms with van der Waals surface area (Å²) in [6, 6.07) is 6.50. The van der Waals surface area contributed by atoms with Crippen molar-refractivity contribution in [1.29, 1.82) is 0 Å². The Morgan fingerprint density at radius 1 is 1.14 bits per heavy atom. The highest BCUT2D eigenvalue weighted by Gasteiger charge is 1.95. The summed E-state index contributed by atoms with van der Waals surface area (Å²) in [4.78, 5) is 2.17. The molecule has 2 nitrogen and oxygen atoms in total. The molecule has 0 unspecified atom stereocenters. The van der Waals surface area contributed by atoms with Crippen molar-refractivity contribution in [3.8, 4) is 0 Å². The van der Waals surface area contributed by atoms with E-state index in [-0.39, 0.29) is 0 Å². The van der Waals surface area contributed by atoms with Gasteiger partial charge in [-0.25, -0.2) is 0 Å². The third kappa shape index (κ3) is 3.38. The first kappa shape index (κ1) is 11.1. The maximum Gasteiger partial charge on any atom is 0.0343 e. The second kappa shape index (κ2) is 5.01. The third-order valence-corrected chi connectivity index (χ3v) is 2.40. The molecule has 78 valence electrons. The van der Waals surface area contributed by atoms with Crippen LogP contribution in [0.15, 0.2) is 18.2 Å². The highest BCUT2D eigenvalue weighted by Crippen LogP contribution is 2.13. The molecule has 0 aliphatic heterocycles. The van der Waals surface area contributed by atoms with E-state index in [1.54, 1.807) is 0 Å². The molecular formula is C12H20N2. The lowest BCUT2D eigenvalue weighted by atomic mass is 10.1. The van der Waals surface area contributed by atoms with Gasteiger partial charge in [-0.05, 0) is 51.2 Å². The zero-order chi connectivity index (χ0) is 10.6. The van der Waals surface area contributed by atoms with Crippen LogP contribution in [0, 0.1) is 13.8 Å². The summed E-state index contributed by atoms with van der Waals surface area (Å²) in [5.74, 6) is 0. The molecule has 0 atom stereocenters. The van der Waals surface area contributed by atoms with Crippen molar-refractivity contribution in [2.45, 2.75) is 13.8 Å². The van der Waals surface area contributed by atoms with Crippen molar-refractivity contribution in [2.75, 3.05) is 32.5 Å². The summed E-state index contributed by atoms with van der Waals surface area (Å²) in [5, 5.41) is 3.40. The van der Waals surface area contributed by atoms with Crippen molar-refractivity contribution < 1.29 is 0 Å². The Morgan fingerprint density at radius 2 is 1.86 bits per heavy atom. The number of hydrogen-bond donors (Lipinski definition) is 1. The molecule has 0 radical (unpaired) electrons. The van der Waals surface area contributed by atoms with Crippen molar-refractivity contribution in [1.82, 2.24) is 4.90 Å². The Hall–Kier alpha value is -1.02. The lowest BCUT2D eigenvalue weighted by Gasteiger charge is -2.12. The van der Waals surface area contributed by atoms with E-state index in [1.165, 1.54) is 16.8 Å². The van der Waals surface area contributed by atoms with Crippen molar-refractivity contribution >= 4 is 5.69 Å². The van der Waals surface area contributed by atoms with Crippen LogP contribution in [-0.4, -0.2) is 32.1 Å². The van der Waals surface area contributed by atoms with Crippen molar-refractivity contribution in [3.05, 3.63) is 29.3 Å². The Morgan fingerprint density at radius 3 is 2.43 bits per heavy atom. The smallest absolute Gasteiger partial charge is 0.0343 e. The highest BCUT2D eigenvalue weighted by atomic mass is 15.1. The van der Waals surface area contributed by atoms with Gasteiger partial charge in [0.15, 0.2) is 0 Å². The van der Waals surface area contributed by atoms with E-state index in [1.807, 2.05) is 0 Å². The first-order valence-electron chi connectivity index (χ1n) is 5.05. The average molecular weight is 192 g/mol. The zero-order valence-electron chi connectivity index (χ0n) is 9.59. The van der Waals surface area contributed by atoms with Gasteiger partial charge in [-0.15, -0.1) is 0 Å². The molecule has 0 heterocycles. The second-order valence-electron chi connectivity index (χ2n) is 4.03. The fourth-order valence-corrected chi connectivity index (χ4v) is 1.28. The van der Waals surface area contributed by atoms with Crippen LogP contribution >= 0.6 is 0 Å². The predicted octanol–water partition coefficient (Wildman–Crippen LogP) is 2.28. The van der Waals surface area contributed by atoms with Gasteiger partial charge in [-0.1, -0.05) is 6.07 Å². The summed E-state index contributed by atoms with van der Waals surface area (Å²) in [7, 11) is 4.17. The summed E-state index contributed by atoms with van der Waals surface area (Å²) in [6.07, 6.45) is 0. The molecule has 1 rings (SSSR count). The summed E-state index contributed by atoms with van der Waals surface area (Å²) >= 11 is 0. The van der Waals surface area contributed by atoms with E-state index in [9.17, 15) is 0 Å². The number of aryl methyl sites for hydroxylation is 2. The first-order chi connectivity index (χ1) is 6.59. The van der Waals surface area contributed by atoms with Crippen LogP contribution in [0.5, 0.6) is 0 Å². The summed E-state index contributed by atoms with van der Waals surface area (Å²) in [6.45, 7) is 6.34. The minimum absolute atomic E-state index is 0.996. The average Bonchev–Trinajstić information content (AvgIpc) is 2.10. The lowest BCUT2D eigenvalue weighted by molar-refractivity contribution is 0.425. The molecule has 1 aromatic rings. The molecule has 14 heavy (non-hydrogen) atoms. The fraction of sp³-hybridized carbons (Fsp3) is 0.500. The summed E-state index contributed by atoms with van der Waals surface area (Å²) in [5.41, 5.74) is 3.91. The molecule has 0 saturated carbocycles. The fourth-order valence-electron chi connectivity index (χ4n) is 1.28. The number of hydrogen-bond acceptors (Lipinski definition) is 2. The van der Waals surface area contributed by atoms with E-state index in [2.05, 4.69) is 56.4 Å². The van der Waals surface area contributed by atoms with E-state index in [4.69, 9.17) is 0 Å². The van der Waals surface area contributed by atoms with Gasteiger partial charge in [0.25, 0.3) is 0 Å². The number of benzene rings is 1. The molecular weight excluding hydrogens is 172 g/mol. The van der Waals surface area contributed by atoms with Gasteiger partial charge in [-0.2, -0.15) is 0 Å². The van der Waals surface area contributed by atoms with Gasteiger partial charge in [0.1, 0.15) is 0 Å². The largest absolute Gasteiger partial charge is 0.384 e. The SMILES string of the molecule is Cc1ccc(NCCN(C)C)cc1C. The van der Waals surface area contributed by atoms with E-state index < -0.39 is 0 Å². The highest BCUT2D eigenvalue weighted by molar-refractivity contribution is 5.47. The van der Waals surface area contributed by atoms with Gasteiger partial charge in [0.2, 0.25) is 0 Å². The van der Waals surface area contributed by atoms with Crippen LogP contribution in [0.25, 0.3) is 0 Å². The van der Waals surface area contributed by atoms with Gasteiger partial charge in [0, 0.05) is 18.8 Å². The van der Waals surface area contributed by atoms with E-state index >= 15 is 0 Å². The molecule has 0 saturated heterocycles. The van der Waals surface area contributed by atoms with Crippen LogP contribution < -0.4 is 5.32 Å². The van der Waals surface area contributed by atoms with Gasteiger partial charge >= 0.3 is 0 Å². The monoisotopic (exact) mass is 192 g/mol. The Balaban J connectivity index is 2.47. The number of anilines is 1. The van der Waals surface area contributed by atoms with Gasteiger partial charge in [0.05, 0.1) is 0 Å². The lowest BCUT2D eigenvalue weighted by Crippen LogP contribution is -2.20. The minimum Gasteiger partial charge on any atom is -0.384 e. The number of nitrogens with one attached hydrogen (secondary N) is 1. The number of nitrogens with zero attached hydrogens (tertiary/aromatic N) is 1. The topological polar surface area (TPSA) is 15.3 Å². The van der Waals surface area contributed by atoms with Crippen LogP contribution in [-0.2, 0) is 0 Å². The molecule has 0 aliphatic rings. The van der Waals surface area contributed by atoms with Crippen molar-refractivity contribution in [3.63, 3.8) is 0 Å². The molecule has 2 heteroatoms. The molecule has 0 aromatic heterocycles. The maximum absolute atomic E-state index is 3.40. The molecule has 0 spiro atoms. The van der Waals surface area contributed by atoms with Gasteiger partial charge in [-0.3, -0.25) is 0 Å². The molecule has 0 bridgehead atoms. The first-order valence-corrected chi connectivity index (χ1v) is 5.05. The molecule has 1 N–H and O–H groups in total. The quantitative estimate of drug-likeness (QED) is 0.787. The maximum atomic E-state index is 3.40. The second-order valence-corrected chi connectivity index (χ2v) is 4.03. The van der Waals surface area contributed by atoms with Crippen LogP contribution in [0.1, 0.15) is 11.1 Å².